The van der Waals surface area contributed by atoms with E-state index in [9.17, 15) is 35.2 Å². The first-order valence-corrected chi connectivity index (χ1v) is 9.08. The molecule has 0 unspecified atom stereocenters. The second-order valence-corrected chi connectivity index (χ2v) is 6.73. The van der Waals surface area contributed by atoms with E-state index in [1.807, 2.05) is 0 Å². The van der Waals surface area contributed by atoms with Crippen LogP contribution in [0.2, 0.25) is 0 Å². The van der Waals surface area contributed by atoms with Gasteiger partial charge in [0.2, 0.25) is 5.91 Å². The molecule has 1 aliphatic heterocycles. The first-order valence-electron chi connectivity index (χ1n) is 9.08. The van der Waals surface area contributed by atoms with Crippen LogP contribution >= 0.6 is 0 Å². The lowest BCUT2D eigenvalue weighted by Crippen LogP contribution is -2.37. The van der Waals surface area contributed by atoms with Gasteiger partial charge in [-0.1, -0.05) is 6.42 Å². The molecule has 1 aliphatic rings. The molecule has 3 N–H and O–H groups in total. The third-order valence-electron chi connectivity index (χ3n) is 4.70. The number of hydrogen-bond donors (Lipinski definition) is 3. The van der Waals surface area contributed by atoms with E-state index in [4.69, 9.17) is 0 Å². The second-order valence-electron chi connectivity index (χ2n) is 6.73. The van der Waals surface area contributed by atoms with Gasteiger partial charge in [-0.3, -0.25) is 25.0 Å². The number of carbonyl (C=O) groups is 1. The van der Waals surface area contributed by atoms with Crippen LogP contribution in [0.15, 0.2) is 18.2 Å². The molecule has 1 aromatic rings. The Kier molecular flexibility index (Phi) is 7.64. The number of amides is 1. The fourth-order valence-electron chi connectivity index (χ4n) is 3.25. The Bertz CT molecular complexity index is 727. The topological polar surface area (TPSA) is 159 Å². The van der Waals surface area contributed by atoms with E-state index in [1.54, 1.807) is 0 Å². The molecule has 2 atom stereocenters. The van der Waals surface area contributed by atoms with E-state index >= 15 is 0 Å². The van der Waals surface area contributed by atoms with Gasteiger partial charge < -0.3 is 20.4 Å². The average molecular weight is 396 g/mol. The number of β-amino-alcohol motifs (C(OH)–C–C–N with tert-alkyl or cyclic N) is 1. The van der Waals surface area contributed by atoms with E-state index in [1.165, 1.54) is 17.0 Å². The number of non-ortho nitro benzene ring substituents is 1. The summed E-state index contributed by atoms with van der Waals surface area (Å²) >= 11 is 0. The molecular weight excluding hydrogens is 372 g/mol. The summed E-state index contributed by atoms with van der Waals surface area (Å²) in [7, 11) is 0. The average Bonchev–Trinajstić information content (AvgIpc) is 3.05. The van der Waals surface area contributed by atoms with Crippen molar-refractivity contribution in [2.24, 2.45) is 0 Å². The summed E-state index contributed by atoms with van der Waals surface area (Å²) in [4.78, 5) is 34.1. The number of nitro benzene ring substituents is 2. The number of rotatable bonds is 10. The van der Waals surface area contributed by atoms with Crippen LogP contribution in [-0.4, -0.2) is 62.7 Å². The first kappa shape index (κ1) is 21.5. The van der Waals surface area contributed by atoms with Gasteiger partial charge in [-0.05, 0) is 25.3 Å². The van der Waals surface area contributed by atoms with Crippen LogP contribution in [0.3, 0.4) is 0 Å². The minimum atomic E-state index is -0.686. The molecule has 1 fully saturated rings. The molecule has 0 bridgehead atoms. The minimum absolute atomic E-state index is 0.102. The molecule has 0 aromatic heterocycles. The molecule has 0 spiro atoms. The van der Waals surface area contributed by atoms with E-state index in [-0.39, 0.29) is 42.2 Å². The lowest BCUT2D eigenvalue weighted by atomic mass is 10.1. The van der Waals surface area contributed by atoms with Crippen LogP contribution in [0.1, 0.15) is 32.1 Å². The van der Waals surface area contributed by atoms with E-state index in [0.717, 1.165) is 6.07 Å². The maximum absolute atomic E-state index is 12.2. The minimum Gasteiger partial charge on any atom is -0.394 e. The molecule has 0 saturated carbocycles. The number of likely N-dealkylation sites (tertiary alicyclic amines) is 1. The summed E-state index contributed by atoms with van der Waals surface area (Å²) < 4.78 is 0. The highest BCUT2D eigenvalue weighted by Gasteiger charge is 2.33. The van der Waals surface area contributed by atoms with Crippen LogP contribution in [-0.2, 0) is 4.79 Å². The van der Waals surface area contributed by atoms with Crippen molar-refractivity contribution in [2.75, 3.05) is 25.0 Å². The Morgan fingerprint density at radius 2 is 1.96 bits per heavy atom. The quantitative estimate of drug-likeness (QED) is 0.304. The fourth-order valence-corrected chi connectivity index (χ4v) is 3.25. The van der Waals surface area contributed by atoms with Crippen molar-refractivity contribution >= 4 is 23.0 Å². The van der Waals surface area contributed by atoms with Crippen LogP contribution < -0.4 is 5.32 Å². The number of anilines is 1. The number of nitro groups is 2. The summed E-state index contributed by atoms with van der Waals surface area (Å²) in [6, 6.07) is 3.11. The smallest absolute Gasteiger partial charge is 0.299 e. The highest BCUT2D eigenvalue weighted by Crippen LogP contribution is 2.29. The molecule has 1 aromatic carbocycles. The van der Waals surface area contributed by atoms with Crippen molar-refractivity contribution in [3.8, 4) is 0 Å². The second kappa shape index (κ2) is 9.95. The fraction of sp³-hybridized carbons (Fsp3) is 0.588. The predicted molar refractivity (Wildman–Crippen MR) is 99.9 cm³/mol. The molecular formula is C17H24N4O7. The van der Waals surface area contributed by atoms with Gasteiger partial charge in [0, 0.05) is 25.6 Å². The van der Waals surface area contributed by atoms with Gasteiger partial charge in [0.15, 0.2) is 0 Å². The number of unbranched alkanes of at least 4 members (excludes halogenated alkanes) is 2. The van der Waals surface area contributed by atoms with Crippen molar-refractivity contribution < 1.29 is 24.9 Å². The zero-order valence-electron chi connectivity index (χ0n) is 15.3. The Hall–Kier alpha value is -2.79. The Labute approximate surface area is 161 Å². The lowest BCUT2D eigenvalue weighted by molar-refractivity contribution is -0.393. The maximum atomic E-state index is 12.2. The highest BCUT2D eigenvalue weighted by molar-refractivity contribution is 5.77. The van der Waals surface area contributed by atoms with Crippen molar-refractivity contribution in [1.29, 1.82) is 0 Å². The van der Waals surface area contributed by atoms with E-state index < -0.39 is 16.0 Å². The zero-order chi connectivity index (χ0) is 20.7. The molecule has 1 amide bonds. The normalized spacial score (nSPS) is 18.9. The highest BCUT2D eigenvalue weighted by atomic mass is 16.6. The zero-order valence-corrected chi connectivity index (χ0v) is 15.3. The molecule has 154 valence electrons. The molecule has 0 aliphatic carbocycles. The lowest BCUT2D eigenvalue weighted by Gasteiger charge is -2.22. The van der Waals surface area contributed by atoms with Gasteiger partial charge in [-0.25, -0.2) is 0 Å². The standard InChI is InChI=1S/C17H24N4O7/c22-11-13-8-14(23)10-19(13)17(24)4-2-1-3-7-18-15-6-5-12(20(25)26)9-16(15)21(27)28/h5-6,9,13-14,18,22-23H,1-4,7-8,10-11H2/t13-,14+/m0/s1. The molecule has 2 rings (SSSR count). The number of aliphatic hydroxyl groups is 2. The Morgan fingerprint density at radius 3 is 2.61 bits per heavy atom. The van der Waals surface area contributed by atoms with Gasteiger partial charge in [0.1, 0.15) is 5.69 Å². The Balaban J connectivity index is 1.74. The summed E-state index contributed by atoms with van der Waals surface area (Å²) in [5, 5.41) is 43.6. The van der Waals surface area contributed by atoms with Gasteiger partial charge in [-0.15, -0.1) is 0 Å². The van der Waals surface area contributed by atoms with Crippen LogP contribution in [0.5, 0.6) is 0 Å². The molecule has 1 heterocycles. The summed E-state index contributed by atoms with van der Waals surface area (Å²) in [5.41, 5.74) is -0.487. The molecule has 11 nitrogen and oxygen atoms in total. The summed E-state index contributed by atoms with van der Waals surface area (Å²) in [6.07, 6.45) is 2.09. The third-order valence-corrected chi connectivity index (χ3v) is 4.70. The number of aliphatic hydroxyl groups excluding tert-OH is 2. The van der Waals surface area contributed by atoms with Crippen molar-refractivity contribution in [1.82, 2.24) is 4.90 Å². The molecule has 11 heteroatoms. The summed E-state index contributed by atoms with van der Waals surface area (Å²) in [6.45, 7) is 0.505. The van der Waals surface area contributed by atoms with Crippen molar-refractivity contribution in [3.63, 3.8) is 0 Å². The van der Waals surface area contributed by atoms with Crippen LogP contribution in [0.4, 0.5) is 17.1 Å². The monoisotopic (exact) mass is 396 g/mol. The van der Waals surface area contributed by atoms with Gasteiger partial charge >= 0.3 is 0 Å². The van der Waals surface area contributed by atoms with Crippen molar-refractivity contribution in [3.05, 3.63) is 38.4 Å². The molecule has 28 heavy (non-hydrogen) atoms. The first-order chi connectivity index (χ1) is 13.3. The van der Waals surface area contributed by atoms with Crippen LogP contribution in [0.25, 0.3) is 0 Å². The number of benzene rings is 1. The number of carbonyl (C=O) groups excluding carboxylic acids is 1. The maximum Gasteiger partial charge on any atom is 0.299 e. The van der Waals surface area contributed by atoms with Gasteiger partial charge in [-0.2, -0.15) is 0 Å². The number of nitrogens with one attached hydrogen (secondary N) is 1. The molecule has 1 saturated heterocycles. The SMILES string of the molecule is O=C(CCCCCNc1ccc([N+](=O)[O-])cc1[N+](=O)[O-])N1C[C@H](O)C[C@H]1CO. The van der Waals surface area contributed by atoms with E-state index in [2.05, 4.69) is 5.32 Å². The van der Waals surface area contributed by atoms with Crippen LogP contribution in [0, 0.1) is 20.2 Å². The van der Waals surface area contributed by atoms with Gasteiger partial charge in [0.05, 0.1) is 34.7 Å². The number of hydrogen-bond acceptors (Lipinski definition) is 8. The number of nitrogens with zero attached hydrogens (tertiary/aromatic N) is 3. The third kappa shape index (κ3) is 5.60. The van der Waals surface area contributed by atoms with Gasteiger partial charge in [0.25, 0.3) is 11.4 Å². The largest absolute Gasteiger partial charge is 0.394 e. The Morgan fingerprint density at radius 1 is 1.21 bits per heavy atom. The summed E-state index contributed by atoms with van der Waals surface area (Å²) in [5.74, 6) is -0.102. The molecule has 0 radical (unpaired) electrons. The van der Waals surface area contributed by atoms with E-state index in [0.29, 0.717) is 38.6 Å². The predicted octanol–water partition coefficient (Wildman–Crippen LogP) is 1.43. The van der Waals surface area contributed by atoms with Crippen molar-refractivity contribution in [2.45, 2.75) is 44.2 Å².